The quantitative estimate of drug-likeness (QED) is 0.255. The number of amides is 1. The minimum atomic E-state index is -4.55. The van der Waals surface area contributed by atoms with E-state index in [1.54, 1.807) is 24.3 Å². The number of benzene rings is 2. The Morgan fingerprint density at radius 1 is 1.17 bits per heavy atom. The number of alkyl halides is 3. The van der Waals surface area contributed by atoms with E-state index in [0.29, 0.717) is 28.3 Å². The Kier molecular flexibility index (Phi) is 5.55. The molecule has 0 bridgehead atoms. The van der Waals surface area contributed by atoms with Gasteiger partial charge in [-0.05, 0) is 35.9 Å². The lowest BCUT2D eigenvalue weighted by atomic mass is 10.0. The molecule has 5 N–H and O–H groups in total. The highest BCUT2D eigenvalue weighted by Crippen LogP contribution is 2.33. The number of fused-ring (bicyclic) bond motifs is 2. The van der Waals surface area contributed by atoms with Crippen molar-refractivity contribution >= 4 is 55.8 Å². The van der Waals surface area contributed by atoms with Gasteiger partial charge in [-0.1, -0.05) is 28.1 Å². The molecule has 35 heavy (non-hydrogen) atoms. The predicted molar refractivity (Wildman–Crippen MR) is 128 cm³/mol. The third-order valence-electron chi connectivity index (χ3n) is 5.18. The number of nitrogens with one attached hydrogen (secondary N) is 3. The van der Waals surface area contributed by atoms with Crippen molar-refractivity contribution < 1.29 is 18.0 Å². The molecule has 5 aromatic rings. The molecule has 0 unspecified atom stereocenters. The monoisotopic (exact) mass is 544 g/mol. The number of aromatic nitrogens is 5. The number of anilines is 3. The maximum atomic E-state index is 12.7. The van der Waals surface area contributed by atoms with Crippen LogP contribution in [0.4, 0.5) is 30.6 Å². The second kappa shape index (κ2) is 8.58. The highest BCUT2D eigenvalue weighted by Gasteiger charge is 2.29. The van der Waals surface area contributed by atoms with Gasteiger partial charge in [0.1, 0.15) is 18.4 Å². The highest BCUT2D eigenvalue weighted by atomic mass is 79.9. The minimum absolute atomic E-state index is 0.00924. The lowest BCUT2D eigenvalue weighted by Crippen LogP contribution is -2.33. The summed E-state index contributed by atoms with van der Waals surface area (Å²) in [6.45, 7) is -1.46. The van der Waals surface area contributed by atoms with Crippen LogP contribution in [0.3, 0.4) is 0 Å². The van der Waals surface area contributed by atoms with Crippen molar-refractivity contribution in [3.8, 4) is 11.1 Å². The maximum absolute atomic E-state index is 12.7. The summed E-state index contributed by atoms with van der Waals surface area (Å²) in [4.78, 5) is 24.3. The van der Waals surface area contributed by atoms with E-state index in [1.165, 1.54) is 17.0 Å². The summed E-state index contributed by atoms with van der Waals surface area (Å²) in [6.07, 6.45) is -2.02. The van der Waals surface area contributed by atoms with Crippen LogP contribution in [0.2, 0.25) is 0 Å². The van der Waals surface area contributed by atoms with Crippen LogP contribution >= 0.6 is 15.9 Å². The summed E-state index contributed by atoms with van der Waals surface area (Å²) in [5.41, 5.74) is 9.53. The Bertz CT molecular complexity index is 1560. The van der Waals surface area contributed by atoms with Crippen molar-refractivity contribution in [1.29, 1.82) is 0 Å². The molecule has 5 rings (SSSR count). The first-order chi connectivity index (χ1) is 16.7. The number of carbonyl (C=O) groups excluding carboxylic acids is 1. The predicted octanol–water partition coefficient (Wildman–Crippen LogP) is 4.65. The molecule has 0 fully saturated rings. The van der Waals surface area contributed by atoms with Gasteiger partial charge in [-0.3, -0.25) is 4.79 Å². The average molecular weight is 545 g/mol. The van der Waals surface area contributed by atoms with Gasteiger partial charge >= 0.3 is 6.18 Å². The number of carbonyl (C=O) groups is 1. The van der Waals surface area contributed by atoms with Gasteiger partial charge < -0.3 is 21.4 Å². The van der Waals surface area contributed by atoms with Crippen molar-refractivity contribution in [2.45, 2.75) is 6.18 Å². The lowest BCUT2D eigenvalue weighted by molar-refractivity contribution is -0.123. The largest absolute Gasteiger partial charge is 0.405 e. The van der Waals surface area contributed by atoms with Crippen molar-refractivity contribution in [3.63, 3.8) is 0 Å². The number of nitrogens with zero attached hydrogens (tertiary/aromatic N) is 4. The Balaban J connectivity index is 1.48. The molecule has 0 atom stereocenters. The van der Waals surface area contributed by atoms with E-state index in [1.807, 2.05) is 23.5 Å². The zero-order chi connectivity index (χ0) is 24.7. The minimum Gasteiger partial charge on any atom is -0.382 e. The first kappa shape index (κ1) is 22.7. The SMILES string of the molecule is Nc1ncnn2cc(C(=O)NCC(F)(F)F)c(-c3ccc(Nc4nc5ccc(Br)cc5[nH]4)cc3)c12. The average Bonchev–Trinajstić information content (AvgIpc) is 3.39. The Morgan fingerprint density at radius 2 is 1.94 bits per heavy atom. The van der Waals surface area contributed by atoms with Gasteiger partial charge in [0.25, 0.3) is 5.91 Å². The van der Waals surface area contributed by atoms with E-state index in [0.717, 1.165) is 15.5 Å². The van der Waals surface area contributed by atoms with Crippen molar-refractivity contribution in [2.24, 2.45) is 0 Å². The summed E-state index contributed by atoms with van der Waals surface area (Å²) in [7, 11) is 0. The molecule has 0 spiro atoms. The summed E-state index contributed by atoms with van der Waals surface area (Å²) in [5, 5.41) is 9.10. The molecule has 3 aromatic heterocycles. The van der Waals surface area contributed by atoms with Gasteiger partial charge in [0.05, 0.1) is 16.6 Å². The zero-order valence-corrected chi connectivity index (χ0v) is 19.3. The van der Waals surface area contributed by atoms with Crippen LogP contribution in [0.25, 0.3) is 27.7 Å². The fraction of sp³-hybridized carbons (Fsp3) is 0.0909. The van der Waals surface area contributed by atoms with Crippen molar-refractivity contribution in [1.82, 2.24) is 29.9 Å². The Labute approximate surface area is 203 Å². The number of hydrogen-bond acceptors (Lipinski definition) is 6. The number of rotatable bonds is 5. The molecule has 0 saturated heterocycles. The van der Waals surface area contributed by atoms with Gasteiger partial charge in [-0.25, -0.2) is 14.5 Å². The number of H-pyrrole nitrogens is 1. The summed E-state index contributed by atoms with van der Waals surface area (Å²) in [6, 6.07) is 12.6. The molecule has 0 saturated carbocycles. The molecule has 0 aliphatic heterocycles. The standard InChI is InChI=1S/C22H16BrF3N8O/c23-12-3-6-15-16(7-12)33-21(32-15)31-13-4-1-11(2-5-13)17-14(20(35)28-9-22(24,25)26)8-34-18(17)19(27)29-10-30-34/h1-8,10H,9H2,(H,28,35)(H2,27,29,30)(H2,31,32,33). The van der Waals surface area contributed by atoms with E-state index in [9.17, 15) is 18.0 Å². The molecule has 2 aromatic carbocycles. The topological polar surface area (TPSA) is 126 Å². The van der Waals surface area contributed by atoms with E-state index >= 15 is 0 Å². The van der Waals surface area contributed by atoms with Crippen LogP contribution in [-0.2, 0) is 0 Å². The molecule has 0 aliphatic carbocycles. The number of aromatic amines is 1. The second-order valence-corrected chi connectivity index (χ2v) is 8.52. The third-order valence-corrected chi connectivity index (χ3v) is 5.67. The number of hydrogen-bond donors (Lipinski definition) is 4. The summed E-state index contributed by atoms with van der Waals surface area (Å²) >= 11 is 3.42. The van der Waals surface area contributed by atoms with Crippen LogP contribution < -0.4 is 16.4 Å². The summed E-state index contributed by atoms with van der Waals surface area (Å²) < 4.78 is 40.2. The number of imidazole rings is 1. The first-order valence-electron chi connectivity index (χ1n) is 10.2. The second-order valence-electron chi connectivity index (χ2n) is 7.60. The van der Waals surface area contributed by atoms with Gasteiger partial charge in [0, 0.05) is 21.9 Å². The third kappa shape index (κ3) is 4.62. The molecular weight excluding hydrogens is 529 g/mol. The highest BCUT2D eigenvalue weighted by molar-refractivity contribution is 9.10. The smallest absolute Gasteiger partial charge is 0.382 e. The van der Waals surface area contributed by atoms with Crippen molar-refractivity contribution in [2.75, 3.05) is 17.6 Å². The Hall–Kier alpha value is -4.13. The van der Waals surface area contributed by atoms with Gasteiger partial charge in [0.2, 0.25) is 5.95 Å². The van der Waals surface area contributed by atoms with Crippen LogP contribution in [-0.4, -0.2) is 43.2 Å². The van der Waals surface area contributed by atoms with Gasteiger partial charge in [0.15, 0.2) is 5.82 Å². The van der Waals surface area contributed by atoms with Crippen LogP contribution in [0.1, 0.15) is 10.4 Å². The molecule has 0 aliphatic rings. The zero-order valence-electron chi connectivity index (χ0n) is 17.7. The van der Waals surface area contributed by atoms with Crippen LogP contribution in [0.15, 0.2) is 59.5 Å². The fourth-order valence-electron chi connectivity index (χ4n) is 3.67. The van der Waals surface area contributed by atoms with E-state index in [-0.39, 0.29) is 11.4 Å². The molecule has 0 radical (unpaired) electrons. The molecule has 9 nitrogen and oxygen atoms in total. The molecular formula is C22H16BrF3N8O. The number of halogens is 4. The van der Waals surface area contributed by atoms with E-state index in [2.05, 4.69) is 41.3 Å². The maximum Gasteiger partial charge on any atom is 0.405 e. The van der Waals surface area contributed by atoms with Crippen molar-refractivity contribution in [3.05, 3.63) is 65.0 Å². The fourth-order valence-corrected chi connectivity index (χ4v) is 4.03. The normalized spacial score (nSPS) is 11.8. The van der Waals surface area contributed by atoms with E-state index < -0.39 is 18.6 Å². The lowest BCUT2D eigenvalue weighted by Gasteiger charge is -2.10. The van der Waals surface area contributed by atoms with E-state index in [4.69, 9.17) is 5.73 Å². The van der Waals surface area contributed by atoms with Gasteiger partial charge in [-0.15, -0.1) is 0 Å². The number of nitrogen functional groups attached to an aromatic ring is 1. The summed E-state index contributed by atoms with van der Waals surface area (Å²) in [5.74, 6) is -0.289. The molecule has 3 heterocycles. The number of nitrogens with two attached hydrogens (primary N) is 1. The first-order valence-corrected chi connectivity index (χ1v) is 11.0. The molecule has 1 amide bonds. The Morgan fingerprint density at radius 3 is 2.69 bits per heavy atom. The van der Waals surface area contributed by atoms with Crippen LogP contribution in [0.5, 0.6) is 0 Å². The van der Waals surface area contributed by atoms with Gasteiger partial charge in [-0.2, -0.15) is 18.3 Å². The molecule has 178 valence electrons. The van der Waals surface area contributed by atoms with Crippen LogP contribution in [0, 0.1) is 0 Å². The molecule has 13 heteroatoms.